The minimum Gasteiger partial charge on any atom is -0.465 e. The van der Waals surface area contributed by atoms with Crippen LogP contribution in [0.1, 0.15) is 16.8 Å². The molecule has 0 saturated carbocycles. The Morgan fingerprint density at radius 1 is 1.25 bits per heavy atom. The summed E-state index contributed by atoms with van der Waals surface area (Å²) in [4.78, 5) is 24.8. The van der Waals surface area contributed by atoms with Crippen LogP contribution in [0.4, 0.5) is 0 Å². The molecule has 1 N–H and O–H groups in total. The Bertz CT molecular complexity index is 883. The van der Waals surface area contributed by atoms with E-state index in [2.05, 4.69) is 5.10 Å². The Labute approximate surface area is 138 Å². The Morgan fingerprint density at radius 2 is 2.00 bits per heavy atom. The van der Waals surface area contributed by atoms with Gasteiger partial charge in [-0.3, -0.25) is 4.79 Å². The van der Waals surface area contributed by atoms with Crippen molar-refractivity contribution in [3.63, 3.8) is 0 Å². The van der Waals surface area contributed by atoms with Crippen molar-refractivity contribution < 1.29 is 14.6 Å². The fourth-order valence-corrected chi connectivity index (χ4v) is 2.55. The van der Waals surface area contributed by atoms with E-state index in [4.69, 9.17) is 9.84 Å². The summed E-state index contributed by atoms with van der Waals surface area (Å²) in [5.74, 6) is -0.559. The number of esters is 1. The number of fused-ring (bicyclic) bond motifs is 1. The van der Waals surface area contributed by atoms with Gasteiger partial charge in [-0.2, -0.15) is 9.78 Å². The Balaban J connectivity index is 2.21. The molecule has 0 radical (unpaired) electrons. The van der Waals surface area contributed by atoms with E-state index in [1.54, 1.807) is 29.1 Å². The molecular weight excluding hydrogens is 310 g/mol. The van der Waals surface area contributed by atoms with Crippen LogP contribution in [0.3, 0.4) is 0 Å². The van der Waals surface area contributed by atoms with Crippen LogP contribution in [0.15, 0.2) is 47.5 Å². The van der Waals surface area contributed by atoms with Gasteiger partial charge in [0.25, 0.3) is 5.56 Å². The number of benzene rings is 1. The van der Waals surface area contributed by atoms with Gasteiger partial charge in [0.05, 0.1) is 18.4 Å². The average molecular weight is 327 g/mol. The average Bonchev–Trinajstić information content (AvgIpc) is 2.96. The molecule has 0 bridgehead atoms. The molecule has 0 unspecified atom stereocenters. The zero-order valence-electron chi connectivity index (χ0n) is 13.2. The first-order chi connectivity index (χ1) is 11.7. The summed E-state index contributed by atoms with van der Waals surface area (Å²) in [6.07, 6.45) is 3.75. The van der Waals surface area contributed by atoms with Crippen molar-refractivity contribution in [2.24, 2.45) is 0 Å². The molecule has 0 spiro atoms. The first-order valence-corrected chi connectivity index (χ1v) is 7.53. The van der Waals surface area contributed by atoms with Gasteiger partial charge in [-0.15, -0.1) is 0 Å². The lowest BCUT2D eigenvalue weighted by Crippen LogP contribution is -2.15. The Morgan fingerprint density at radius 3 is 2.67 bits per heavy atom. The van der Waals surface area contributed by atoms with Crippen molar-refractivity contribution in [3.8, 4) is 16.9 Å². The smallest absolute Gasteiger partial charge is 0.341 e. The first kappa shape index (κ1) is 15.9. The van der Waals surface area contributed by atoms with Gasteiger partial charge in [-0.05, 0) is 18.6 Å². The molecule has 24 heavy (non-hydrogen) atoms. The number of aryl methyl sites for hydroxylation is 1. The zero-order valence-corrected chi connectivity index (χ0v) is 13.2. The van der Waals surface area contributed by atoms with E-state index in [0.29, 0.717) is 29.9 Å². The van der Waals surface area contributed by atoms with Gasteiger partial charge >= 0.3 is 5.97 Å². The van der Waals surface area contributed by atoms with Crippen molar-refractivity contribution in [3.05, 3.63) is 58.6 Å². The van der Waals surface area contributed by atoms with E-state index in [1.807, 2.05) is 18.2 Å². The number of hydrogen-bond acceptors (Lipinski definition) is 5. The number of rotatable bonds is 5. The minimum atomic E-state index is -0.559. The molecule has 3 rings (SSSR count). The van der Waals surface area contributed by atoms with Crippen LogP contribution < -0.4 is 5.56 Å². The number of pyridine rings is 1. The molecule has 124 valence electrons. The van der Waals surface area contributed by atoms with E-state index in [1.165, 1.54) is 11.8 Å². The lowest BCUT2D eigenvalue weighted by Gasteiger charge is -2.10. The van der Waals surface area contributed by atoms with Crippen molar-refractivity contribution in [1.82, 2.24) is 14.3 Å². The summed E-state index contributed by atoms with van der Waals surface area (Å²) < 4.78 is 7.77. The monoisotopic (exact) mass is 327 g/mol. The number of aromatic nitrogens is 3. The number of nitrogens with zero attached hydrogens (tertiary/aromatic N) is 3. The number of carbonyl (C=O) groups excluding carboxylic acids is 1. The van der Waals surface area contributed by atoms with E-state index >= 15 is 0 Å². The molecule has 0 amide bonds. The quantitative estimate of drug-likeness (QED) is 0.714. The summed E-state index contributed by atoms with van der Waals surface area (Å²) in [6.45, 7) is 0.499. The van der Waals surface area contributed by atoms with Crippen LogP contribution in [0, 0.1) is 0 Å². The van der Waals surface area contributed by atoms with Gasteiger partial charge in [-0.25, -0.2) is 4.79 Å². The van der Waals surface area contributed by atoms with Crippen LogP contribution in [0.2, 0.25) is 0 Å². The number of methoxy groups -OCH3 is 1. The summed E-state index contributed by atoms with van der Waals surface area (Å²) in [5, 5.41) is 13.3. The molecule has 0 aromatic heterocycles. The standard InChI is InChI=1S/C17H17N3O4/c1-24-17(23)14-11-19(8-5-9-21)10-13-15(14)18-20(16(13)22)12-6-3-2-4-7-12/h2-4,6-7,10-11,21H,5,8-9H2,1H3. The molecule has 0 fully saturated rings. The second-order valence-electron chi connectivity index (χ2n) is 5.29. The third-order valence-electron chi connectivity index (χ3n) is 3.70. The number of aliphatic hydroxyl groups is 1. The first-order valence-electron chi connectivity index (χ1n) is 7.53. The maximum absolute atomic E-state index is 12.7. The maximum Gasteiger partial charge on any atom is 0.341 e. The van der Waals surface area contributed by atoms with Crippen LogP contribution >= 0.6 is 0 Å². The molecule has 2 aliphatic heterocycles. The minimum absolute atomic E-state index is 0.0199. The fraction of sp³-hybridized carbons (Fsp3) is 0.235. The molecule has 7 nitrogen and oxygen atoms in total. The zero-order chi connectivity index (χ0) is 17.1. The van der Waals surface area contributed by atoms with E-state index in [9.17, 15) is 9.59 Å². The van der Waals surface area contributed by atoms with Crippen molar-refractivity contribution in [1.29, 1.82) is 0 Å². The number of aliphatic hydroxyl groups excluding tert-OH is 1. The van der Waals surface area contributed by atoms with Crippen LogP contribution in [-0.4, -0.2) is 39.1 Å². The highest BCUT2D eigenvalue weighted by atomic mass is 16.5. The van der Waals surface area contributed by atoms with Crippen molar-refractivity contribution in [2.45, 2.75) is 13.0 Å². The van der Waals surface area contributed by atoms with Crippen molar-refractivity contribution in [2.75, 3.05) is 13.7 Å². The lowest BCUT2D eigenvalue weighted by atomic mass is 10.1. The number of ether oxygens (including phenoxy) is 1. The highest BCUT2D eigenvalue weighted by Crippen LogP contribution is 2.23. The summed E-state index contributed by atoms with van der Waals surface area (Å²) in [6, 6.07) is 9.00. The topological polar surface area (TPSA) is 86.4 Å². The Hall–Kier alpha value is -2.93. The van der Waals surface area contributed by atoms with E-state index in [-0.39, 0.29) is 17.7 Å². The normalized spacial score (nSPS) is 10.9. The second kappa shape index (κ2) is 6.67. The van der Waals surface area contributed by atoms with Gasteiger partial charge in [0.1, 0.15) is 11.3 Å². The Kier molecular flexibility index (Phi) is 4.43. The van der Waals surface area contributed by atoms with Gasteiger partial charge in [0, 0.05) is 25.5 Å². The molecule has 0 saturated heterocycles. The number of para-hydroxylation sites is 1. The molecule has 2 heterocycles. The number of hydrogen-bond donors (Lipinski definition) is 1. The van der Waals surface area contributed by atoms with Gasteiger partial charge in [0.2, 0.25) is 0 Å². The lowest BCUT2D eigenvalue weighted by molar-refractivity contribution is 0.0600. The third kappa shape index (κ3) is 2.81. The van der Waals surface area contributed by atoms with Gasteiger partial charge < -0.3 is 14.4 Å². The SMILES string of the molecule is COC(=O)c1cn(CCCO)cc2c(=O)n(-c3ccccc3)nc1-2. The summed E-state index contributed by atoms with van der Waals surface area (Å²) in [5.41, 5.74) is 1.17. The second-order valence-corrected chi connectivity index (χ2v) is 5.29. The molecule has 1 aromatic carbocycles. The molecule has 0 aliphatic carbocycles. The molecule has 7 heteroatoms. The molecule has 0 atom stereocenters. The van der Waals surface area contributed by atoms with Crippen LogP contribution in [0.25, 0.3) is 16.9 Å². The largest absolute Gasteiger partial charge is 0.465 e. The third-order valence-corrected chi connectivity index (χ3v) is 3.70. The summed E-state index contributed by atoms with van der Waals surface area (Å²) in [7, 11) is 1.28. The molecular formula is C17H17N3O4. The molecule has 1 aromatic rings. The summed E-state index contributed by atoms with van der Waals surface area (Å²) >= 11 is 0. The van der Waals surface area contributed by atoms with Crippen LogP contribution in [-0.2, 0) is 11.3 Å². The van der Waals surface area contributed by atoms with Gasteiger partial charge in [-0.1, -0.05) is 18.2 Å². The van der Waals surface area contributed by atoms with Crippen LogP contribution in [0.5, 0.6) is 0 Å². The van der Waals surface area contributed by atoms with Gasteiger partial charge in [0.15, 0.2) is 0 Å². The van der Waals surface area contributed by atoms with E-state index in [0.717, 1.165) is 0 Å². The fourth-order valence-electron chi connectivity index (χ4n) is 2.55. The predicted octanol–water partition coefficient (Wildman–Crippen LogP) is 1.31. The highest BCUT2D eigenvalue weighted by molar-refractivity contribution is 5.96. The predicted molar refractivity (Wildman–Crippen MR) is 87.5 cm³/mol. The highest BCUT2D eigenvalue weighted by Gasteiger charge is 2.24. The van der Waals surface area contributed by atoms with Crippen molar-refractivity contribution >= 4 is 5.97 Å². The van der Waals surface area contributed by atoms with E-state index < -0.39 is 5.97 Å². The maximum atomic E-state index is 12.7. The number of carbonyl (C=O) groups is 1. The molecule has 2 aliphatic rings.